The second-order valence-corrected chi connectivity index (χ2v) is 7.63. The van der Waals surface area contributed by atoms with E-state index in [9.17, 15) is 0 Å². The minimum absolute atomic E-state index is 0.148. The van der Waals surface area contributed by atoms with E-state index in [0.29, 0.717) is 5.92 Å². The van der Waals surface area contributed by atoms with Gasteiger partial charge in [0.1, 0.15) is 0 Å². The first kappa shape index (κ1) is 17.8. The number of fused-ring (bicyclic) bond motifs is 1. The Morgan fingerprint density at radius 1 is 0.840 bits per heavy atom. The molecule has 0 nitrogen and oxygen atoms in total. The van der Waals surface area contributed by atoms with Crippen LogP contribution in [0, 0.1) is 0 Å². The summed E-state index contributed by atoms with van der Waals surface area (Å²) >= 11 is 0. The molecule has 0 saturated heterocycles. The number of rotatable bonds is 6. The van der Waals surface area contributed by atoms with Crippen LogP contribution in [-0.4, -0.2) is 7.28 Å². The van der Waals surface area contributed by atoms with Crippen molar-refractivity contribution in [1.29, 1.82) is 0 Å². The van der Waals surface area contributed by atoms with Gasteiger partial charge in [-0.3, -0.25) is 0 Å². The Hall–Kier alpha value is -2.02. The van der Waals surface area contributed by atoms with Gasteiger partial charge in [-0.2, -0.15) is 0 Å². The molecule has 3 aromatic rings. The van der Waals surface area contributed by atoms with E-state index in [-0.39, 0.29) is 5.31 Å². The lowest BCUT2D eigenvalue weighted by molar-refractivity contribution is 0.648. The second kappa shape index (κ2) is 7.48. The smallest absolute Gasteiger partial charge is 0.0835 e. The van der Waals surface area contributed by atoms with E-state index in [0.717, 1.165) is 13.7 Å². The van der Waals surface area contributed by atoms with Gasteiger partial charge >= 0.3 is 0 Å². The molecule has 2 unspecified atom stereocenters. The van der Waals surface area contributed by atoms with Gasteiger partial charge in [-0.1, -0.05) is 106 Å². The average Bonchev–Trinajstić information content (AvgIpc) is 2.67. The number of benzene rings is 3. The molecule has 0 radical (unpaired) electrons. The summed E-state index contributed by atoms with van der Waals surface area (Å²) < 4.78 is 0. The fourth-order valence-corrected chi connectivity index (χ4v) is 3.97. The van der Waals surface area contributed by atoms with E-state index < -0.39 is 0 Å². The molecule has 3 aromatic carbocycles. The van der Waals surface area contributed by atoms with Crippen LogP contribution in [0.5, 0.6) is 0 Å². The third-order valence-corrected chi connectivity index (χ3v) is 5.97. The molecule has 0 spiro atoms. The van der Waals surface area contributed by atoms with Crippen molar-refractivity contribution in [1.82, 2.24) is 0 Å². The van der Waals surface area contributed by atoms with Gasteiger partial charge < -0.3 is 0 Å². The quantitative estimate of drug-likeness (QED) is 0.506. The lowest BCUT2D eigenvalue weighted by Gasteiger charge is -2.30. The summed E-state index contributed by atoms with van der Waals surface area (Å²) in [6.07, 6.45) is 2.31. The van der Waals surface area contributed by atoms with E-state index in [1.165, 1.54) is 33.8 Å². The Labute approximate surface area is 153 Å². The maximum Gasteiger partial charge on any atom is 0.169 e. The Bertz CT molecular complexity index is 837. The van der Waals surface area contributed by atoms with Gasteiger partial charge in [0.2, 0.25) is 0 Å². The summed E-state index contributed by atoms with van der Waals surface area (Å²) in [6, 6.07) is 24.7. The van der Waals surface area contributed by atoms with Crippen molar-refractivity contribution in [2.45, 2.75) is 51.8 Å². The van der Waals surface area contributed by atoms with E-state index in [2.05, 4.69) is 94.4 Å². The Morgan fingerprint density at radius 3 is 2.20 bits per heavy atom. The topological polar surface area (TPSA) is 0 Å². The van der Waals surface area contributed by atoms with Crippen LogP contribution in [0.2, 0.25) is 0 Å². The first-order valence-corrected chi connectivity index (χ1v) is 9.65. The van der Waals surface area contributed by atoms with E-state index in [4.69, 9.17) is 0 Å². The zero-order valence-electron chi connectivity index (χ0n) is 16.0. The lowest BCUT2D eigenvalue weighted by Crippen LogP contribution is -2.37. The third-order valence-electron chi connectivity index (χ3n) is 5.97. The minimum atomic E-state index is 0.148. The Balaban J connectivity index is 2.13. The highest BCUT2D eigenvalue weighted by Crippen LogP contribution is 2.35. The number of hydrogen-bond donors (Lipinski definition) is 0. The van der Waals surface area contributed by atoms with Crippen LogP contribution in [0.1, 0.15) is 57.6 Å². The van der Waals surface area contributed by atoms with E-state index >= 15 is 0 Å². The zero-order valence-corrected chi connectivity index (χ0v) is 16.0. The zero-order chi connectivity index (χ0) is 17.9. The largest absolute Gasteiger partial charge is 0.169 e. The molecule has 3 rings (SSSR count). The monoisotopic (exact) mass is 328 g/mol. The fourth-order valence-electron chi connectivity index (χ4n) is 3.97. The van der Waals surface area contributed by atoms with Gasteiger partial charge in [0, 0.05) is 0 Å². The van der Waals surface area contributed by atoms with Crippen molar-refractivity contribution in [3.05, 3.63) is 77.9 Å². The van der Waals surface area contributed by atoms with Crippen LogP contribution >= 0.6 is 0 Å². The molecule has 0 aliphatic carbocycles. The van der Waals surface area contributed by atoms with Gasteiger partial charge in [0.05, 0.1) is 0 Å². The highest BCUT2D eigenvalue weighted by Gasteiger charge is 2.28. The maximum atomic E-state index is 2.42. The molecule has 128 valence electrons. The molecule has 0 aliphatic heterocycles. The molecule has 2 atom stereocenters. The van der Waals surface area contributed by atoms with E-state index in [1.807, 2.05) is 0 Å². The van der Waals surface area contributed by atoms with Crippen LogP contribution < -0.4 is 5.46 Å². The van der Waals surface area contributed by atoms with Gasteiger partial charge in [-0.05, 0) is 39.6 Å². The average molecular weight is 328 g/mol. The van der Waals surface area contributed by atoms with Crippen molar-refractivity contribution >= 4 is 23.5 Å². The lowest BCUT2D eigenvalue weighted by atomic mass is 9.45. The normalized spacial score (nSPS) is 14.9. The standard InChI is InChI=1S/C24H29B/c1-5-18(3)20-14-10-16-22-21(20)15-11-17-23(22)24(4,6-2)25-19-12-8-7-9-13-19/h7-18,25H,5-6H2,1-4H3. The van der Waals surface area contributed by atoms with E-state index in [1.54, 1.807) is 0 Å². The molecular weight excluding hydrogens is 299 g/mol. The molecule has 0 heterocycles. The number of hydrogen-bond acceptors (Lipinski definition) is 0. The maximum absolute atomic E-state index is 2.42. The fraction of sp³-hybridized carbons (Fsp3) is 0.333. The summed E-state index contributed by atoms with van der Waals surface area (Å²) in [5, 5.41) is 3.01. The molecule has 0 saturated carbocycles. The summed E-state index contributed by atoms with van der Waals surface area (Å²) in [7, 11) is 1.08. The second-order valence-electron chi connectivity index (χ2n) is 7.63. The van der Waals surface area contributed by atoms with Crippen molar-refractivity contribution < 1.29 is 0 Å². The Morgan fingerprint density at radius 2 is 1.52 bits per heavy atom. The molecule has 0 bridgehead atoms. The molecule has 0 aliphatic rings. The summed E-state index contributed by atoms with van der Waals surface area (Å²) in [6.45, 7) is 9.36. The summed E-state index contributed by atoms with van der Waals surface area (Å²) in [5.41, 5.74) is 4.39. The van der Waals surface area contributed by atoms with Crippen molar-refractivity contribution in [3.63, 3.8) is 0 Å². The first-order valence-electron chi connectivity index (χ1n) is 9.65. The molecule has 0 fully saturated rings. The Kier molecular flexibility index (Phi) is 5.32. The molecule has 0 amide bonds. The van der Waals surface area contributed by atoms with Crippen molar-refractivity contribution in [3.8, 4) is 0 Å². The minimum Gasteiger partial charge on any atom is -0.0835 e. The molecular formula is C24H29B. The summed E-state index contributed by atoms with van der Waals surface area (Å²) in [4.78, 5) is 0. The van der Waals surface area contributed by atoms with Crippen LogP contribution in [0.15, 0.2) is 66.7 Å². The highest BCUT2D eigenvalue weighted by molar-refractivity contribution is 6.57. The van der Waals surface area contributed by atoms with Gasteiger partial charge in [-0.25, -0.2) is 0 Å². The van der Waals surface area contributed by atoms with Crippen LogP contribution in [-0.2, 0) is 5.31 Å². The summed E-state index contributed by atoms with van der Waals surface area (Å²) in [5.74, 6) is 0.598. The SMILES string of the molecule is CCC(C)c1cccc2c(C(C)(Bc3ccccc3)CC)cccc12. The van der Waals surface area contributed by atoms with Gasteiger partial charge in [0.15, 0.2) is 7.28 Å². The van der Waals surface area contributed by atoms with Gasteiger partial charge in [0.25, 0.3) is 0 Å². The molecule has 0 aromatic heterocycles. The van der Waals surface area contributed by atoms with Crippen LogP contribution in [0.25, 0.3) is 10.8 Å². The van der Waals surface area contributed by atoms with Crippen LogP contribution in [0.4, 0.5) is 0 Å². The third kappa shape index (κ3) is 3.51. The van der Waals surface area contributed by atoms with Gasteiger partial charge in [-0.15, -0.1) is 0 Å². The highest BCUT2D eigenvalue weighted by atomic mass is 14.2. The molecule has 25 heavy (non-hydrogen) atoms. The predicted octanol–water partition coefficient (Wildman–Crippen LogP) is 5.74. The van der Waals surface area contributed by atoms with Crippen molar-refractivity contribution in [2.75, 3.05) is 0 Å². The van der Waals surface area contributed by atoms with Crippen molar-refractivity contribution in [2.24, 2.45) is 0 Å². The molecule has 1 heteroatoms. The van der Waals surface area contributed by atoms with Crippen LogP contribution in [0.3, 0.4) is 0 Å². The molecule has 0 N–H and O–H groups in total. The predicted molar refractivity (Wildman–Crippen MR) is 114 cm³/mol. The first-order chi connectivity index (χ1) is 12.1.